The van der Waals surface area contributed by atoms with Crippen molar-refractivity contribution in [1.82, 2.24) is 14.9 Å². The molecule has 0 aliphatic carbocycles. The van der Waals surface area contributed by atoms with E-state index in [0.717, 1.165) is 36.0 Å². The first-order valence-corrected chi connectivity index (χ1v) is 9.06. The number of hydrogen-bond donors (Lipinski definition) is 0. The van der Waals surface area contributed by atoms with Crippen LogP contribution < -0.4 is 4.90 Å². The molecule has 124 valence electrons. The average Bonchev–Trinajstić information content (AvgIpc) is 3.17. The highest BCUT2D eigenvalue weighted by molar-refractivity contribution is 7.10. The molecule has 1 amide bonds. The molecule has 6 heteroatoms. The molecule has 0 N–H and O–H groups in total. The summed E-state index contributed by atoms with van der Waals surface area (Å²) in [7, 11) is 0. The highest BCUT2D eigenvalue weighted by atomic mass is 32.1. The predicted molar refractivity (Wildman–Crippen MR) is 96.1 cm³/mol. The molecule has 5 nitrogen and oxygen atoms in total. The molecule has 1 fully saturated rings. The van der Waals surface area contributed by atoms with Crippen molar-refractivity contribution in [2.75, 3.05) is 24.5 Å². The summed E-state index contributed by atoms with van der Waals surface area (Å²) >= 11 is 1.63. The summed E-state index contributed by atoms with van der Waals surface area (Å²) in [6.45, 7) is 6.67. The lowest BCUT2D eigenvalue weighted by molar-refractivity contribution is -0.133. The monoisotopic (exact) mass is 340 g/mol. The molecule has 0 bridgehead atoms. The van der Waals surface area contributed by atoms with E-state index in [9.17, 15) is 4.79 Å². The predicted octanol–water partition coefficient (Wildman–Crippen LogP) is 2.56. The van der Waals surface area contributed by atoms with Crippen molar-refractivity contribution in [3.63, 3.8) is 0 Å². The molecule has 0 unspecified atom stereocenters. The SMILES string of the molecule is CC(C)N1CC2(CN(C(=O)/C=C/c3cccs3)C2)c2nccnc21. The number of fused-ring (bicyclic) bond motifs is 2. The Morgan fingerprint density at radius 2 is 2.08 bits per heavy atom. The van der Waals surface area contributed by atoms with Gasteiger partial charge in [-0.25, -0.2) is 4.98 Å². The summed E-state index contributed by atoms with van der Waals surface area (Å²) in [4.78, 5) is 26.8. The highest BCUT2D eigenvalue weighted by Crippen LogP contribution is 2.44. The van der Waals surface area contributed by atoms with Crippen LogP contribution in [0.25, 0.3) is 6.08 Å². The second-order valence-corrected chi connectivity index (χ2v) is 7.75. The average molecular weight is 340 g/mol. The minimum atomic E-state index is -0.0553. The number of nitrogens with zero attached hydrogens (tertiary/aromatic N) is 4. The quantitative estimate of drug-likeness (QED) is 0.806. The van der Waals surface area contributed by atoms with Gasteiger partial charge in [-0.05, 0) is 31.4 Å². The van der Waals surface area contributed by atoms with Crippen molar-refractivity contribution >= 4 is 29.1 Å². The third-order valence-electron chi connectivity index (χ3n) is 4.78. The van der Waals surface area contributed by atoms with Gasteiger partial charge in [0.1, 0.15) is 0 Å². The van der Waals surface area contributed by atoms with Crippen molar-refractivity contribution in [3.05, 3.63) is 46.6 Å². The number of thiophene rings is 1. The normalized spacial score (nSPS) is 18.5. The van der Waals surface area contributed by atoms with Crippen LogP contribution in [0.5, 0.6) is 0 Å². The van der Waals surface area contributed by atoms with Crippen LogP contribution >= 0.6 is 11.3 Å². The van der Waals surface area contributed by atoms with Gasteiger partial charge < -0.3 is 9.80 Å². The Morgan fingerprint density at radius 1 is 1.29 bits per heavy atom. The Bertz CT molecular complexity index is 778. The Kier molecular flexibility index (Phi) is 3.64. The van der Waals surface area contributed by atoms with Gasteiger partial charge in [0.2, 0.25) is 5.91 Å². The van der Waals surface area contributed by atoms with E-state index in [2.05, 4.69) is 28.7 Å². The Morgan fingerprint density at radius 3 is 2.79 bits per heavy atom. The van der Waals surface area contributed by atoms with Crippen LogP contribution in [-0.4, -0.2) is 46.5 Å². The molecule has 2 aromatic rings. The number of rotatable bonds is 3. The third kappa shape index (κ3) is 2.41. The number of amides is 1. The van der Waals surface area contributed by atoms with Gasteiger partial charge in [-0.1, -0.05) is 6.07 Å². The first-order chi connectivity index (χ1) is 11.6. The molecule has 2 aliphatic rings. The van der Waals surface area contributed by atoms with Crippen molar-refractivity contribution in [2.45, 2.75) is 25.3 Å². The van der Waals surface area contributed by atoms with Crippen molar-refractivity contribution in [1.29, 1.82) is 0 Å². The maximum atomic E-state index is 12.4. The van der Waals surface area contributed by atoms with Crippen molar-refractivity contribution < 1.29 is 4.79 Å². The fraction of sp³-hybridized carbons (Fsp3) is 0.389. The summed E-state index contributed by atoms with van der Waals surface area (Å²) in [5.74, 6) is 1.05. The van der Waals surface area contributed by atoms with Gasteiger partial charge in [0.15, 0.2) is 5.82 Å². The summed E-state index contributed by atoms with van der Waals surface area (Å²) in [6.07, 6.45) is 7.07. The molecule has 1 spiro atoms. The second kappa shape index (κ2) is 5.70. The fourth-order valence-electron chi connectivity index (χ4n) is 3.55. The van der Waals surface area contributed by atoms with Gasteiger partial charge in [0.25, 0.3) is 0 Å². The van der Waals surface area contributed by atoms with Gasteiger partial charge in [-0.3, -0.25) is 9.78 Å². The van der Waals surface area contributed by atoms with E-state index in [0.29, 0.717) is 6.04 Å². The zero-order valence-electron chi connectivity index (χ0n) is 13.8. The standard InChI is InChI=1S/C18H20N4OS/c1-13(2)22-12-18(16-17(22)20-8-7-19-16)10-21(11-18)15(23)6-5-14-4-3-9-24-14/h3-9,13H,10-12H2,1-2H3/b6-5+. The van der Waals surface area contributed by atoms with E-state index in [1.807, 2.05) is 28.5 Å². The number of carbonyl (C=O) groups excluding carboxylic acids is 1. The summed E-state index contributed by atoms with van der Waals surface area (Å²) in [6, 6.07) is 4.38. The molecule has 1 saturated heterocycles. The van der Waals surface area contributed by atoms with Crippen molar-refractivity contribution in [2.24, 2.45) is 0 Å². The van der Waals surface area contributed by atoms with Gasteiger partial charge in [-0.2, -0.15) is 0 Å². The van der Waals surface area contributed by atoms with E-state index in [1.165, 1.54) is 0 Å². The van der Waals surface area contributed by atoms with E-state index in [-0.39, 0.29) is 11.3 Å². The summed E-state index contributed by atoms with van der Waals surface area (Å²) in [5, 5.41) is 2.01. The van der Waals surface area contributed by atoms with Gasteiger partial charge in [0, 0.05) is 49.0 Å². The summed E-state index contributed by atoms with van der Waals surface area (Å²) < 4.78 is 0. The van der Waals surface area contributed by atoms with Gasteiger partial charge in [-0.15, -0.1) is 11.3 Å². The van der Waals surface area contributed by atoms with Crippen LogP contribution in [0.4, 0.5) is 5.82 Å². The lowest BCUT2D eigenvalue weighted by atomic mass is 9.78. The van der Waals surface area contributed by atoms with Crippen LogP contribution in [0.1, 0.15) is 24.4 Å². The van der Waals surface area contributed by atoms with E-state index in [4.69, 9.17) is 0 Å². The molecular weight excluding hydrogens is 320 g/mol. The lowest BCUT2D eigenvalue weighted by Gasteiger charge is -2.47. The van der Waals surface area contributed by atoms with E-state index >= 15 is 0 Å². The number of likely N-dealkylation sites (tertiary alicyclic amines) is 1. The zero-order valence-corrected chi connectivity index (χ0v) is 14.7. The van der Waals surface area contributed by atoms with Crippen molar-refractivity contribution in [3.8, 4) is 0 Å². The minimum absolute atomic E-state index is 0.0553. The van der Waals surface area contributed by atoms with Crippen LogP contribution in [0.3, 0.4) is 0 Å². The minimum Gasteiger partial charge on any atom is -0.352 e. The molecule has 24 heavy (non-hydrogen) atoms. The van der Waals surface area contributed by atoms with Crippen LogP contribution in [0.15, 0.2) is 36.0 Å². The molecule has 2 aliphatic heterocycles. The highest BCUT2D eigenvalue weighted by Gasteiger charge is 2.54. The second-order valence-electron chi connectivity index (χ2n) is 6.77. The Hall–Kier alpha value is -2.21. The maximum Gasteiger partial charge on any atom is 0.246 e. The lowest BCUT2D eigenvalue weighted by Crippen LogP contribution is -2.63. The number of aromatic nitrogens is 2. The topological polar surface area (TPSA) is 49.3 Å². The third-order valence-corrected chi connectivity index (χ3v) is 5.62. The molecule has 0 atom stereocenters. The molecule has 4 rings (SSSR count). The maximum absolute atomic E-state index is 12.4. The van der Waals surface area contributed by atoms with Gasteiger partial charge in [0.05, 0.1) is 11.1 Å². The molecule has 0 saturated carbocycles. The largest absolute Gasteiger partial charge is 0.352 e. The Balaban J connectivity index is 1.49. The van der Waals surface area contributed by atoms with Crippen LogP contribution in [-0.2, 0) is 10.2 Å². The zero-order chi connectivity index (χ0) is 16.7. The van der Waals surface area contributed by atoms with E-state index in [1.54, 1.807) is 29.8 Å². The van der Waals surface area contributed by atoms with E-state index < -0.39 is 0 Å². The molecule has 0 aromatic carbocycles. The number of carbonyl (C=O) groups is 1. The molecular formula is C18H20N4OS. The molecule has 2 aromatic heterocycles. The molecule has 0 radical (unpaired) electrons. The fourth-order valence-corrected chi connectivity index (χ4v) is 4.17. The van der Waals surface area contributed by atoms with Crippen LogP contribution in [0.2, 0.25) is 0 Å². The summed E-state index contributed by atoms with van der Waals surface area (Å²) in [5.41, 5.74) is 0.991. The van der Waals surface area contributed by atoms with Gasteiger partial charge >= 0.3 is 0 Å². The smallest absolute Gasteiger partial charge is 0.246 e. The van der Waals surface area contributed by atoms with Crippen LogP contribution in [0, 0.1) is 0 Å². The first kappa shape index (κ1) is 15.3. The Labute approximate surface area is 145 Å². The number of hydrogen-bond acceptors (Lipinski definition) is 5. The number of anilines is 1. The first-order valence-electron chi connectivity index (χ1n) is 8.18. The molecule has 4 heterocycles.